The van der Waals surface area contributed by atoms with E-state index in [2.05, 4.69) is 22.2 Å². The molecule has 5 heteroatoms. The summed E-state index contributed by atoms with van der Waals surface area (Å²) in [7, 11) is 0. The predicted molar refractivity (Wildman–Crippen MR) is 72.5 cm³/mol. The summed E-state index contributed by atoms with van der Waals surface area (Å²) in [5.41, 5.74) is 6.94. The van der Waals surface area contributed by atoms with Crippen LogP contribution in [0.15, 0.2) is 6.33 Å². The minimum absolute atomic E-state index is 0.574. The molecular formula is C13H22N4O. The fourth-order valence-corrected chi connectivity index (χ4v) is 2.28. The van der Waals surface area contributed by atoms with Crippen LogP contribution in [-0.4, -0.2) is 29.7 Å². The molecule has 0 amide bonds. The van der Waals surface area contributed by atoms with E-state index in [-0.39, 0.29) is 0 Å². The molecule has 1 unspecified atom stereocenters. The summed E-state index contributed by atoms with van der Waals surface area (Å²) in [6, 6.07) is 0. The van der Waals surface area contributed by atoms with Crippen molar-refractivity contribution in [3.63, 3.8) is 0 Å². The maximum atomic E-state index is 5.90. The van der Waals surface area contributed by atoms with E-state index >= 15 is 0 Å². The first-order valence-corrected chi connectivity index (χ1v) is 6.72. The van der Waals surface area contributed by atoms with Crippen LogP contribution >= 0.6 is 0 Å². The topological polar surface area (TPSA) is 73.1 Å². The van der Waals surface area contributed by atoms with Crippen LogP contribution in [0.1, 0.15) is 31.7 Å². The van der Waals surface area contributed by atoms with Gasteiger partial charge in [-0.15, -0.1) is 0 Å². The zero-order chi connectivity index (χ0) is 12.8. The number of rotatable bonds is 5. The Morgan fingerprint density at radius 1 is 1.50 bits per heavy atom. The van der Waals surface area contributed by atoms with Crippen molar-refractivity contribution >= 4 is 11.6 Å². The van der Waals surface area contributed by atoms with Crippen LogP contribution in [0, 0.1) is 5.92 Å². The monoisotopic (exact) mass is 250 g/mol. The first kappa shape index (κ1) is 13.1. The standard InChI is InChI=1S/C13H22N4O/c1-2-4-11-12(14)16-9-17-13(11)15-7-10-5-3-6-18-8-10/h9-10H,2-8H2,1H3,(H3,14,15,16,17). The van der Waals surface area contributed by atoms with E-state index in [1.807, 2.05) is 0 Å². The molecule has 18 heavy (non-hydrogen) atoms. The number of ether oxygens (including phenoxy) is 1. The maximum absolute atomic E-state index is 5.90. The predicted octanol–water partition coefficient (Wildman–Crippen LogP) is 1.85. The SMILES string of the molecule is CCCc1c(N)ncnc1NCC1CCCOC1. The molecule has 0 saturated carbocycles. The highest BCUT2D eigenvalue weighted by molar-refractivity contribution is 5.54. The molecule has 1 aliphatic rings. The van der Waals surface area contributed by atoms with E-state index < -0.39 is 0 Å². The molecule has 1 atom stereocenters. The van der Waals surface area contributed by atoms with E-state index in [0.717, 1.165) is 50.4 Å². The van der Waals surface area contributed by atoms with Crippen molar-refractivity contribution in [1.82, 2.24) is 9.97 Å². The molecule has 1 aromatic heterocycles. The van der Waals surface area contributed by atoms with E-state index in [4.69, 9.17) is 10.5 Å². The molecule has 0 radical (unpaired) electrons. The van der Waals surface area contributed by atoms with Crippen molar-refractivity contribution in [2.45, 2.75) is 32.6 Å². The van der Waals surface area contributed by atoms with Crippen molar-refractivity contribution in [1.29, 1.82) is 0 Å². The molecule has 1 saturated heterocycles. The highest BCUT2D eigenvalue weighted by Crippen LogP contribution is 2.20. The number of nitrogen functional groups attached to an aromatic ring is 1. The Balaban J connectivity index is 1.97. The zero-order valence-electron chi connectivity index (χ0n) is 11.0. The van der Waals surface area contributed by atoms with Gasteiger partial charge in [0.05, 0.1) is 6.61 Å². The van der Waals surface area contributed by atoms with Gasteiger partial charge in [-0.1, -0.05) is 13.3 Å². The molecule has 2 heterocycles. The summed E-state index contributed by atoms with van der Waals surface area (Å²) in [6.07, 6.45) is 5.85. The lowest BCUT2D eigenvalue weighted by Crippen LogP contribution is -2.25. The second-order valence-electron chi connectivity index (χ2n) is 4.80. The zero-order valence-corrected chi connectivity index (χ0v) is 11.0. The Bertz CT molecular complexity index is 377. The van der Waals surface area contributed by atoms with Gasteiger partial charge in [-0.2, -0.15) is 0 Å². The van der Waals surface area contributed by atoms with E-state index in [0.29, 0.717) is 11.7 Å². The third-order valence-corrected chi connectivity index (χ3v) is 3.29. The molecule has 2 rings (SSSR count). The van der Waals surface area contributed by atoms with Crippen LogP contribution in [0.25, 0.3) is 0 Å². The summed E-state index contributed by atoms with van der Waals surface area (Å²) in [4.78, 5) is 8.35. The number of hydrogen-bond donors (Lipinski definition) is 2. The third kappa shape index (κ3) is 3.32. The van der Waals surface area contributed by atoms with Crippen LogP contribution in [0.4, 0.5) is 11.6 Å². The summed E-state index contributed by atoms with van der Waals surface area (Å²) >= 11 is 0. The Hall–Kier alpha value is -1.36. The first-order chi connectivity index (χ1) is 8.81. The van der Waals surface area contributed by atoms with Gasteiger partial charge < -0.3 is 15.8 Å². The van der Waals surface area contributed by atoms with Crippen LogP contribution < -0.4 is 11.1 Å². The summed E-state index contributed by atoms with van der Waals surface area (Å²) in [6.45, 7) is 4.77. The molecule has 1 aromatic rings. The van der Waals surface area contributed by atoms with Crippen molar-refractivity contribution in [3.8, 4) is 0 Å². The summed E-state index contributed by atoms with van der Waals surface area (Å²) in [5.74, 6) is 2.05. The van der Waals surface area contributed by atoms with Crippen LogP contribution in [0.3, 0.4) is 0 Å². The molecular weight excluding hydrogens is 228 g/mol. The average Bonchev–Trinajstić information content (AvgIpc) is 2.41. The third-order valence-electron chi connectivity index (χ3n) is 3.29. The average molecular weight is 250 g/mol. The fourth-order valence-electron chi connectivity index (χ4n) is 2.28. The fraction of sp³-hybridized carbons (Fsp3) is 0.692. The van der Waals surface area contributed by atoms with Gasteiger partial charge in [0.15, 0.2) is 0 Å². The number of nitrogens with one attached hydrogen (secondary N) is 1. The first-order valence-electron chi connectivity index (χ1n) is 6.72. The maximum Gasteiger partial charge on any atom is 0.134 e. The van der Waals surface area contributed by atoms with Gasteiger partial charge in [0.1, 0.15) is 18.0 Å². The quantitative estimate of drug-likeness (QED) is 0.834. The van der Waals surface area contributed by atoms with Crippen molar-refractivity contribution < 1.29 is 4.74 Å². The smallest absolute Gasteiger partial charge is 0.134 e. The van der Waals surface area contributed by atoms with Crippen LogP contribution in [0.5, 0.6) is 0 Å². The van der Waals surface area contributed by atoms with Gasteiger partial charge >= 0.3 is 0 Å². The molecule has 1 aliphatic heterocycles. The second-order valence-corrected chi connectivity index (χ2v) is 4.80. The van der Waals surface area contributed by atoms with Gasteiger partial charge in [0, 0.05) is 18.7 Å². The highest BCUT2D eigenvalue weighted by Gasteiger charge is 2.15. The highest BCUT2D eigenvalue weighted by atomic mass is 16.5. The Labute approximate surface area is 108 Å². The van der Waals surface area contributed by atoms with Gasteiger partial charge in [0.2, 0.25) is 0 Å². The molecule has 5 nitrogen and oxygen atoms in total. The summed E-state index contributed by atoms with van der Waals surface area (Å²) in [5, 5.41) is 3.40. The molecule has 1 fully saturated rings. The lowest BCUT2D eigenvalue weighted by Gasteiger charge is -2.23. The molecule has 100 valence electrons. The lowest BCUT2D eigenvalue weighted by atomic mass is 10.0. The van der Waals surface area contributed by atoms with Gasteiger partial charge in [-0.25, -0.2) is 9.97 Å². The number of nitrogens with two attached hydrogens (primary N) is 1. The van der Waals surface area contributed by atoms with E-state index in [1.165, 1.54) is 12.7 Å². The Kier molecular flexibility index (Phi) is 4.75. The molecule has 0 aliphatic carbocycles. The van der Waals surface area contributed by atoms with Gasteiger partial charge in [0.25, 0.3) is 0 Å². The molecule has 0 aromatic carbocycles. The minimum atomic E-state index is 0.574. The van der Waals surface area contributed by atoms with Crippen LogP contribution in [0.2, 0.25) is 0 Å². The number of nitrogens with zero attached hydrogens (tertiary/aromatic N) is 2. The number of hydrogen-bond acceptors (Lipinski definition) is 5. The van der Waals surface area contributed by atoms with Gasteiger partial charge in [-0.3, -0.25) is 0 Å². The van der Waals surface area contributed by atoms with E-state index in [9.17, 15) is 0 Å². The summed E-state index contributed by atoms with van der Waals surface area (Å²) < 4.78 is 5.47. The number of anilines is 2. The second kappa shape index (κ2) is 6.54. The van der Waals surface area contributed by atoms with Crippen LogP contribution in [-0.2, 0) is 11.2 Å². The Morgan fingerprint density at radius 2 is 2.39 bits per heavy atom. The van der Waals surface area contributed by atoms with Gasteiger partial charge in [-0.05, 0) is 25.2 Å². The molecule has 0 bridgehead atoms. The molecule has 0 spiro atoms. The van der Waals surface area contributed by atoms with E-state index in [1.54, 1.807) is 0 Å². The molecule has 3 N–H and O–H groups in total. The largest absolute Gasteiger partial charge is 0.383 e. The minimum Gasteiger partial charge on any atom is -0.383 e. The van der Waals surface area contributed by atoms with Crippen molar-refractivity contribution in [2.75, 3.05) is 30.8 Å². The van der Waals surface area contributed by atoms with Crippen molar-refractivity contribution in [2.24, 2.45) is 5.92 Å². The Morgan fingerprint density at radius 3 is 3.11 bits per heavy atom. The lowest BCUT2D eigenvalue weighted by molar-refractivity contribution is 0.0594. The normalized spacial score (nSPS) is 19.7. The number of aromatic nitrogens is 2. The van der Waals surface area contributed by atoms with Crippen molar-refractivity contribution in [3.05, 3.63) is 11.9 Å².